The van der Waals surface area contributed by atoms with E-state index in [0.717, 1.165) is 11.1 Å². The maximum atomic E-state index is 10.9. The van der Waals surface area contributed by atoms with Crippen LogP contribution >= 0.6 is 0 Å². The van der Waals surface area contributed by atoms with Gasteiger partial charge in [0.05, 0.1) is 0 Å². The van der Waals surface area contributed by atoms with E-state index in [1.165, 1.54) is 11.7 Å². The fourth-order valence-electron chi connectivity index (χ4n) is 1.09. The summed E-state index contributed by atoms with van der Waals surface area (Å²) in [5.74, 6) is 0. The van der Waals surface area contributed by atoms with Crippen LogP contribution in [0.15, 0.2) is 35.7 Å². The summed E-state index contributed by atoms with van der Waals surface area (Å²) in [6, 6.07) is 9.44. The van der Waals surface area contributed by atoms with Crippen molar-refractivity contribution in [2.24, 2.45) is 0 Å². The second kappa shape index (κ2) is 3.75. The molecule has 1 rings (SSSR count). The van der Waals surface area contributed by atoms with E-state index in [0.29, 0.717) is 0 Å². The average Bonchev–Trinajstić information content (AvgIpc) is 2.03. The molecular formula is C10H12O2S. The van der Waals surface area contributed by atoms with Crippen LogP contribution in [0.5, 0.6) is 0 Å². The standard InChI is InChI=1S/C10H12O2S/c1-9(8-13(2,11)12)10-6-4-3-5-7-10/h3-8H,1-2H3/b9-8-. The highest BCUT2D eigenvalue weighted by Gasteiger charge is 1.99. The molecule has 1 aromatic carbocycles. The van der Waals surface area contributed by atoms with E-state index in [4.69, 9.17) is 0 Å². The second-order valence-electron chi connectivity index (χ2n) is 3.00. The zero-order valence-corrected chi connectivity index (χ0v) is 8.51. The van der Waals surface area contributed by atoms with Crippen LogP contribution in [-0.2, 0) is 9.84 Å². The number of rotatable bonds is 2. The molecule has 0 aliphatic rings. The molecule has 0 unspecified atom stereocenters. The van der Waals surface area contributed by atoms with Crippen LogP contribution in [0.2, 0.25) is 0 Å². The van der Waals surface area contributed by atoms with Crippen molar-refractivity contribution < 1.29 is 8.42 Å². The number of sulfone groups is 1. The van der Waals surface area contributed by atoms with Gasteiger partial charge in [-0.25, -0.2) is 8.42 Å². The zero-order chi connectivity index (χ0) is 9.90. The van der Waals surface area contributed by atoms with Crippen molar-refractivity contribution in [1.29, 1.82) is 0 Å². The van der Waals surface area contributed by atoms with Gasteiger partial charge >= 0.3 is 0 Å². The van der Waals surface area contributed by atoms with Crippen molar-refractivity contribution >= 4 is 15.4 Å². The van der Waals surface area contributed by atoms with Crippen molar-refractivity contribution in [3.8, 4) is 0 Å². The summed E-state index contributed by atoms with van der Waals surface area (Å²) in [5.41, 5.74) is 1.70. The van der Waals surface area contributed by atoms with Gasteiger partial charge in [0.1, 0.15) is 0 Å². The topological polar surface area (TPSA) is 34.1 Å². The van der Waals surface area contributed by atoms with Crippen molar-refractivity contribution in [2.75, 3.05) is 6.26 Å². The van der Waals surface area contributed by atoms with Crippen molar-refractivity contribution in [3.63, 3.8) is 0 Å². The molecule has 0 spiro atoms. The van der Waals surface area contributed by atoms with Gasteiger partial charge in [0.25, 0.3) is 0 Å². The van der Waals surface area contributed by atoms with Crippen LogP contribution in [0.3, 0.4) is 0 Å². The summed E-state index contributed by atoms with van der Waals surface area (Å²) in [6.45, 7) is 1.79. The van der Waals surface area contributed by atoms with E-state index in [-0.39, 0.29) is 0 Å². The molecule has 0 saturated carbocycles. The van der Waals surface area contributed by atoms with Gasteiger partial charge < -0.3 is 0 Å². The summed E-state index contributed by atoms with van der Waals surface area (Å²) < 4.78 is 21.9. The first-order chi connectivity index (χ1) is 5.99. The lowest BCUT2D eigenvalue weighted by Crippen LogP contribution is -1.90. The Morgan fingerprint density at radius 3 is 2.23 bits per heavy atom. The maximum absolute atomic E-state index is 10.9. The van der Waals surface area contributed by atoms with Crippen molar-refractivity contribution in [2.45, 2.75) is 6.92 Å². The number of allylic oxidation sites excluding steroid dienone is 1. The predicted octanol–water partition coefficient (Wildman–Crippen LogP) is 2.09. The van der Waals surface area contributed by atoms with Gasteiger partial charge in [-0.05, 0) is 18.1 Å². The Bertz CT molecular complexity index is 402. The first-order valence-electron chi connectivity index (χ1n) is 3.93. The molecule has 1 aromatic rings. The molecule has 70 valence electrons. The summed E-state index contributed by atoms with van der Waals surface area (Å²) >= 11 is 0. The van der Waals surface area contributed by atoms with E-state index >= 15 is 0 Å². The minimum absolute atomic E-state index is 0.767. The van der Waals surface area contributed by atoms with Crippen molar-refractivity contribution in [1.82, 2.24) is 0 Å². The maximum Gasteiger partial charge on any atom is 0.169 e. The molecule has 0 aromatic heterocycles. The Balaban J connectivity index is 3.06. The SMILES string of the molecule is C/C(=C/S(C)(=O)=O)c1ccccc1. The third kappa shape index (κ3) is 3.42. The normalized spacial score (nSPS) is 12.9. The molecule has 0 bridgehead atoms. The highest BCUT2D eigenvalue weighted by Crippen LogP contribution is 2.13. The quantitative estimate of drug-likeness (QED) is 0.725. The lowest BCUT2D eigenvalue weighted by atomic mass is 10.1. The Kier molecular flexibility index (Phi) is 2.88. The second-order valence-corrected chi connectivity index (χ2v) is 4.89. The van der Waals surface area contributed by atoms with Crippen LogP contribution in [0, 0.1) is 0 Å². The van der Waals surface area contributed by atoms with Gasteiger partial charge in [0.15, 0.2) is 9.84 Å². The monoisotopic (exact) mass is 196 g/mol. The number of hydrogen-bond donors (Lipinski definition) is 0. The Morgan fingerprint density at radius 1 is 1.23 bits per heavy atom. The molecule has 0 amide bonds. The highest BCUT2D eigenvalue weighted by atomic mass is 32.2. The van der Waals surface area contributed by atoms with Crippen LogP contribution in [0.1, 0.15) is 12.5 Å². The lowest BCUT2D eigenvalue weighted by molar-refractivity contribution is 0.610. The molecule has 3 heteroatoms. The van der Waals surface area contributed by atoms with E-state index in [2.05, 4.69) is 0 Å². The fourth-order valence-corrected chi connectivity index (χ4v) is 1.87. The minimum atomic E-state index is -3.03. The van der Waals surface area contributed by atoms with Gasteiger partial charge in [-0.1, -0.05) is 30.3 Å². The van der Waals surface area contributed by atoms with Crippen LogP contribution < -0.4 is 0 Å². The predicted molar refractivity (Wildman–Crippen MR) is 54.9 cm³/mol. The number of hydrogen-bond acceptors (Lipinski definition) is 2. The molecule has 13 heavy (non-hydrogen) atoms. The van der Waals surface area contributed by atoms with Crippen LogP contribution in [0.4, 0.5) is 0 Å². The zero-order valence-electron chi connectivity index (χ0n) is 7.69. The molecule has 0 aliphatic heterocycles. The average molecular weight is 196 g/mol. The van der Waals surface area contributed by atoms with E-state index < -0.39 is 9.84 Å². The van der Waals surface area contributed by atoms with Gasteiger partial charge in [-0.15, -0.1) is 0 Å². The first kappa shape index (κ1) is 9.99. The smallest absolute Gasteiger partial charge is 0.169 e. The molecule has 0 atom stereocenters. The molecule has 0 fully saturated rings. The van der Waals surface area contributed by atoms with E-state index in [9.17, 15) is 8.42 Å². The van der Waals surface area contributed by atoms with E-state index in [1.54, 1.807) is 6.92 Å². The van der Waals surface area contributed by atoms with Gasteiger partial charge in [0.2, 0.25) is 0 Å². The Hall–Kier alpha value is -1.09. The minimum Gasteiger partial charge on any atom is -0.225 e. The van der Waals surface area contributed by atoms with Crippen molar-refractivity contribution in [3.05, 3.63) is 41.3 Å². The van der Waals surface area contributed by atoms with Gasteiger partial charge in [0, 0.05) is 11.7 Å². The third-order valence-electron chi connectivity index (χ3n) is 1.62. The molecule has 0 radical (unpaired) electrons. The third-order valence-corrected chi connectivity index (χ3v) is 2.40. The molecule has 0 saturated heterocycles. The van der Waals surface area contributed by atoms with Crippen LogP contribution in [0.25, 0.3) is 5.57 Å². The number of benzene rings is 1. The van der Waals surface area contributed by atoms with Gasteiger partial charge in [-0.2, -0.15) is 0 Å². The fraction of sp³-hybridized carbons (Fsp3) is 0.200. The summed E-state index contributed by atoms with van der Waals surface area (Å²) in [4.78, 5) is 0. The van der Waals surface area contributed by atoms with Gasteiger partial charge in [-0.3, -0.25) is 0 Å². The molecular weight excluding hydrogens is 184 g/mol. The molecule has 0 heterocycles. The van der Waals surface area contributed by atoms with Crippen LogP contribution in [-0.4, -0.2) is 14.7 Å². The summed E-state index contributed by atoms with van der Waals surface area (Å²) in [5, 5.41) is 1.28. The first-order valence-corrected chi connectivity index (χ1v) is 5.88. The summed E-state index contributed by atoms with van der Waals surface area (Å²) in [6.07, 6.45) is 1.19. The van der Waals surface area contributed by atoms with E-state index in [1.807, 2.05) is 30.3 Å². The molecule has 0 N–H and O–H groups in total. The largest absolute Gasteiger partial charge is 0.225 e. The summed E-state index contributed by atoms with van der Waals surface area (Å²) in [7, 11) is -3.03. The Morgan fingerprint density at radius 2 is 1.77 bits per heavy atom. The highest BCUT2D eigenvalue weighted by molar-refractivity contribution is 7.93. The molecule has 2 nitrogen and oxygen atoms in total. The Labute approximate surface area is 78.8 Å². The lowest BCUT2D eigenvalue weighted by Gasteiger charge is -1.99. The molecule has 0 aliphatic carbocycles.